The van der Waals surface area contributed by atoms with Crippen LogP contribution in [0.1, 0.15) is 18.5 Å². The first-order valence-electron chi connectivity index (χ1n) is 7.34. The fraction of sp³-hybridized carbons (Fsp3) is 0.438. The first-order valence-corrected chi connectivity index (χ1v) is 8.22. The van der Waals surface area contributed by atoms with Gasteiger partial charge in [-0.05, 0) is 50.7 Å². The molecule has 2 aromatic rings. The second-order valence-corrected chi connectivity index (χ2v) is 6.37. The van der Waals surface area contributed by atoms with Gasteiger partial charge in [0.15, 0.2) is 0 Å². The molecule has 1 atom stereocenters. The molecule has 1 aromatic heterocycles. The number of rotatable bonds is 4. The Bertz CT molecular complexity index is 581. The van der Waals surface area contributed by atoms with E-state index in [1.54, 1.807) is 23.5 Å². The van der Waals surface area contributed by atoms with Crippen molar-refractivity contribution in [1.29, 1.82) is 0 Å². The van der Waals surface area contributed by atoms with Crippen LogP contribution in [-0.4, -0.2) is 36.1 Å². The van der Waals surface area contributed by atoms with E-state index in [4.69, 9.17) is 0 Å². The molecule has 0 radical (unpaired) electrons. The molecule has 0 spiro atoms. The lowest BCUT2D eigenvalue weighted by atomic mass is 10.1. The minimum Gasteiger partial charge on any atom is -0.316 e. The van der Waals surface area contributed by atoms with Crippen LogP contribution in [0.25, 0.3) is 10.6 Å². The summed E-state index contributed by atoms with van der Waals surface area (Å²) in [5.41, 5.74) is 2.09. The van der Waals surface area contributed by atoms with Crippen molar-refractivity contribution in [3.8, 4) is 10.6 Å². The Kier molecular flexibility index (Phi) is 4.63. The van der Waals surface area contributed by atoms with Crippen LogP contribution in [0, 0.1) is 5.82 Å². The van der Waals surface area contributed by atoms with Crippen molar-refractivity contribution in [1.82, 2.24) is 15.2 Å². The van der Waals surface area contributed by atoms with Gasteiger partial charge in [0.25, 0.3) is 0 Å². The van der Waals surface area contributed by atoms with Gasteiger partial charge in [0.05, 0.1) is 5.69 Å². The van der Waals surface area contributed by atoms with E-state index in [2.05, 4.69) is 20.6 Å². The zero-order valence-corrected chi connectivity index (χ0v) is 13.0. The van der Waals surface area contributed by atoms with Crippen LogP contribution < -0.4 is 5.32 Å². The predicted molar refractivity (Wildman–Crippen MR) is 84.9 cm³/mol. The molecule has 3 rings (SSSR count). The van der Waals surface area contributed by atoms with Crippen LogP contribution >= 0.6 is 11.3 Å². The van der Waals surface area contributed by atoms with Gasteiger partial charge in [0.2, 0.25) is 0 Å². The largest absolute Gasteiger partial charge is 0.316 e. The Morgan fingerprint density at radius 3 is 2.95 bits per heavy atom. The molecule has 1 aromatic carbocycles. The SMILES string of the molecule is CNC1CCCN(Cc2csc(-c3ccc(F)cc3)n2)C1. The van der Waals surface area contributed by atoms with Gasteiger partial charge < -0.3 is 5.32 Å². The second kappa shape index (κ2) is 6.64. The number of hydrogen-bond donors (Lipinski definition) is 1. The first-order chi connectivity index (χ1) is 10.2. The molecule has 0 bridgehead atoms. The van der Waals surface area contributed by atoms with Gasteiger partial charge in [0.1, 0.15) is 10.8 Å². The molecule has 21 heavy (non-hydrogen) atoms. The summed E-state index contributed by atoms with van der Waals surface area (Å²) in [4.78, 5) is 7.14. The predicted octanol–water partition coefficient (Wildman–Crippen LogP) is 3.13. The Morgan fingerprint density at radius 1 is 1.38 bits per heavy atom. The molecule has 0 aliphatic carbocycles. The lowest BCUT2D eigenvalue weighted by Gasteiger charge is -2.31. The highest BCUT2D eigenvalue weighted by atomic mass is 32.1. The van der Waals surface area contributed by atoms with Gasteiger partial charge in [0, 0.05) is 30.1 Å². The lowest BCUT2D eigenvalue weighted by Crippen LogP contribution is -2.43. The zero-order valence-electron chi connectivity index (χ0n) is 12.2. The van der Waals surface area contributed by atoms with Crippen LogP contribution in [0.4, 0.5) is 4.39 Å². The summed E-state index contributed by atoms with van der Waals surface area (Å²) in [6.45, 7) is 3.12. The third kappa shape index (κ3) is 3.67. The molecule has 112 valence electrons. The van der Waals surface area contributed by atoms with E-state index in [0.29, 0.717) is 6.04 Å². The van der Waals surface area contributed by atoms with E-state index < -0.39 is 0 Å². The Balaban J connectivity index is 1.66. The zero-order chi connectivity index (χ0) is 14.7. The van der Waals surface area contributed by atoms with Crippen LogP contribution in [0.15, 0.2) is 29.6 Å². The maximum atomic E-state index is 13.0. The van der Waals surface area contributed by atoms with E-state index in [1.165, 1.54) is 25.0 Å². The molecule has 5 heteroatoms. The molecule has 1 unspecified atom stereocenters. The lowest BCUT2D eigenvalue weighted by molar-refractivity contribution is 0.186. The number of nitrogens with zero attached hydrogens (tertiary/aromatic N) is 2. The van der Waals surface area contributed by atoms with Crippen molar-refractivity contribution in [3.63, 3.8) is 0 Å². The van der Waals surface area contributed by atoms with Crippen molar-refractivity contribution in [3.05, 3.63) is 41.2 Å². The summed E-state index contributed by atoms with van der Waals surface area (Å²) in [5, 5.41) is 6.44. The minimum absolute atomic E-state index is 0.207. The number of halogens is 1. The maximum Gasteiger partial charge on any atom is 0.123 e. The number of aromatic nitrogens is 1. The van der Waals surface area contributed by atoms with Gasteiger partial charge >= 0.3 is 0 Å². The van der Waals surface area contributed by atoms with Gasteiger partial charge in [-0.3, -0.25) is 4.90 Å². The van der Waals surface area contributed by atoms with Crippen molar-refractivity contribution in [2.24, 2.45) is 0 Å². The van der Waals surface area contributed by atoms with Gasteiger partial charge in [-0.25, -0.2) is 9.37 Å². The molecule has 0 amide bonds. The number of thiazole rings is 1. The smallest absolute Gasteiger partial charge is 0.123 e. The summed E-state index contributed by atoms with van der Waals surface area (Å²) in [7, 11) is 2.03. The maximum absolute atomic E-state index is 13.0. The quantitative estimate of drug-likeness (QED) is 0.940. The fourth-order valence-electron chi connectivity index (χ4n) is 2.77. The molecule has 1 aliphatic heterocycles. The van der Waals surface area contributed by atoms with Crippen molar-refractivity contribution < 1.29 is 4.39 Å². The fourth-order valence-corrected chi connectivity index (χ4v) is 3.59. The minimum atomic E-state index is -0.207. The molecule has 0 saturated carbocycles. The molecule has 2 heterocycles. The average Bonchev–Trinajstić information content (AvgIpc) is 2.96. The Labute approximate surface area is 128 Å². The van der Waals surface area contributed by atoms with Crippen molar-refractivity contribution in [2.75, 3.05) is 20.1 Å². The van der Waals surface area contributed by atoms with Crippen LogP contribution in [0.2, 0.25) is 0 Å². The normalized spacial score (nSPS) is 19.8. The summed E-state index contributed by atoms with van der Waals surface area (Å²) >= 11 is 1.63. The molecular weight excluding hydrogens is 285 g/mol. The summed E-state index contributed by atoms with van der Waals surface area (Å²) in [6.07, 6.45) is 2.49. The summed E-state index contributed by atoms with van der Waals surface area (Å²) in [5.74, 6) is -0.207. The van der Waals surface area contributed by atoms with Crippen molar-refractivity contribution in [2.45, 2.75) is 25.4 Å². The standard InChI is InChI=1S/C16H20FN3S/c1-18-14-3-2-8-20(9-14)10-15-11-21-16(19-15)12-4-6-13(17)7-5-12/h4-7,11,14,18H,2-3,8-10H2,1H3. The van der Waals surface area contributed by atoms with E-state index in [1.807, 2.05) is 7.05 Å². The highest BCUT2D eigenvalue weighted by Crippen LogP contribution is 2.25. The van der Waals surface area contributed by atoms with E-state index in [0.717, 1.165) is 35.9 Å². The molecule has 1 fully saturated rings. The summed E-state index contributed by atoms with van der Waals surface area (Å²) in [6, 6.07) is 7.14. The van der Waals surface area contributed by atoms with E-state index >= 15 is 0 Å². The first kappa shape index (κ1) is 14.6. The second-order valence-electron chi connectivity index (χ2n) is 5.51. The highest BCUT2D eigenvalue weighted by molar-refractivity contribution is 7.13. The van der Waals surface area contributed by atoms with Gasteiger partial charge in [-0.1, -0.05) is 0 Å². The van der Waals surface area contributed by atoms with E-state index in [-0.39, 0.29) is 5.82 Å². The summed E-state index contributed by atoms with van der Waals surface area (Å²) < 4.78 is 13.0. The number of nitrogens with one attached hydrogen (secondary N) is 1. The third-order valence-corrected chi connectivity index (χ3v) is 4.88. The molecule has 1 N–H and O–H groups in total. The van der Waals surface area contributed by atoms with Crippen LogP contribution in [0.3, 0.4) is 0 Å². The number of hydrogen-bond acceptors (Lipinski definition) is 4. The van der Waals surface area contributed by atoms with Gasteiger partial charge in [-0.15, -0.1) is 11.3 Å². The number of likely N-dealkylation sites (N-methyl/N-ethyl adjacent to an activating group) is 1. The molecule has 3 nitrogen and oxygen atoms in total. The molecular formula is C16H20FN3S. The van der Waals surface area contributed by atoms with Gasteiger partial charge in [-0.2, -0.15) is 0 Å². The van der Waals surface area contributed by atoms with Crippen LogP contribution in [0.5, 0.6) is 0 Å². The van der Waals surface area contributed by atoms with E-state index in [9.17, 15) is 4.39 Å². The number of piperidine rings is 1. The Morgan fingerprint density at radius 2 is 2.19 bits per heavy atom. The monoisotopic (exact) mass is 305 g/mol. The molecule has 1 aliphatic rings. The van der Waals surface area contributed by atoms with Crippen molar-refractivity contribution >= 4 is 11.3 Å². The highest BCUT2D eigenvalue weighted by Gasteiger charge is 2.19. The molecule has 1 saturated heterocycles. The topological polar surface area (TPSA) is 28.2 Å². The number of benzene rings is 1. The average molecular weight is 305 g/mol. The number of likely N-dealkylation sites (tertiary alicyclic amines) is 1. The Hall–Kier alpha value is -1.30. The third-order valence-electron chi connectivity index (χ3n) is 3.94. The van der Waals surface area contributed by atoms with Crippen LogP contribution in [-0.2, 0) is 6.54 Å².